The molecule has 0 radical (unpaired) electrons. The van der Waals surface area contributed by atoms with Crippen molar-refractivity contribution in [2.75, 3.05) is 39.3 Å². The van der Waals surface area contributed by atoms with Crippen LogP contribution in [-0.2, 0) is 0 Å². The van der Waals surface area contributed by atoms with Crippen molar-refractivity contribution < 1.29 is 0 Å². The van der Waals surface area contributed by atoms with Gasteiger partial charge in [-0.2, -0.15) is 0 Å². The van der Waals surface area contributed by atoms with Crippen LogP contribution < -0.4 is 0 Å². The largest absolute Gasteiger partial charge is 0.321 e. The molecule has 3 heterocycles. The van der Waals surface area contributed by atoms with Crippen LogP contribution in [0.3, 0.4) is 0 Å². The molecule has 142 valence electrons. The van der Waals surface area contributed by atoms with Crippen LogP contribution in [0.15, 0.2) is 0 Å². The van der Waals surface area contributed by atoms with Crippen molar-refractivity contribution in [3.05, 3.63) is 0 Å². The maximum atomic E-state index is 3.10. The highest BCUT2D eigenvalue weighted by atomic mass is 28.5. The van der Waals surface area contributed by atoms with Crippen LogP contribution in [0.4, 0.5) is 0 Å². The quantitative estimate of drug-likeness (QED) is 0.671. The van der Waals surface area contributed by atoms with E-state index in [4.69, 9.17) is 0 Å². The van der Waals surface area contributed by atoms with E-state index in [1.807, 2.05) is 0 Å². The minimum Gasteiger partial charge on any atom is -0.321 e. The van der Waals surface area contributed by atoms with Gasteiger partial charge >= 0.3 is 0 Å². The summed E-state index contributed by atoms with van der Waals surface area (Å²) >= 11 is 0. The zero-order valence-corrected chi connectivity index (χ0v) is 22.0. The number of hydrogen-bond acceptors (Lipinski definition) is 4. The lowest BCUT2D eigenvalue weighted by Gasteiger charge is -2.65. The molecular formula is C16H42N4Si4. The molecule has 2 bridgehead atoms. The van der Waals surface area contributed by atoms with E-state index in [9.17, 15) is 0 Å². The fourth-order valence-corrected chi connectivity index (χ4v) is 28.1. The van der Waals surface area contributed by atoms with Gasteiger partial charge in [-0.15, -0.1) is 0 Å². The summed E-state index contributed by atoms with van der Waals surface area (Å²) in [5.74, 6) is 0. The maximum Gasteiger partial charge on any atom is 0.266 e. The monoisotopic (exact) mass is 402 g/mol. The summed E-state index contributed by atoms with van der Waals surface area (Å²) in [6.45, 7) is 33.7. The Balaban J connectivity index is 2.66. The molecule has 3 fully saturated rings. The Labute approximate surface area is 155 Å². The molecule has 0 aromatic heterocycles. The number of fused-ring (bicyclic) bond motifs is 6. The highest BCUT2D eigenvalue weighted by Crippen LogP contribution is 2.35. The van der Waals surface area contributed by atoms with Crippen LogP contribution in [0.5, 0.6) is 0 Å². The molecule has 24 heavy (non-hydrogen) atoms. The second-order valence-corrected chi connectivity index (χ2v) is 30.3. The van der Waals surface area contributed by atoms with Crippen molar-refractivity contribution in [1.29, 1.82) is 0 Å². The van der Waals surface area contributed by atoms with E-state index >= 15 is 0 Å². The SMILES string of the molecule is C[Si](C)(C)N1CCN2CCN([Si](C)(C)C)[Si]1(C)N([Si](C)(C)C)CC2. The third kappa shape index (κ3) is 4.00. The third-order valence-electron chi connectivity index (χ3n) is 5.88. The fraction of sp³-hybridized carbons (Fsp3) is 1.00. The van der Waals surface area contributed by atoms with Gasteiger partial charge in [0.15, 0.2) is 0 Å². The summed E-state index contributed by atoms with van der Waals surface area (Å²) < 4.78 is 9.30. The van der Waals surface area contributed by atoms with Gasteiger partial charge in [0, 0.05) is 39.3 Å². The van der Waals surface area contributed by atoms with Gasteiger partial charge in [0.2, 0.25) is 0 Å². The van der Waals surface area contributed by atoms with Crippen molar-refractivity contribution in [1.82, 2.24) is 17.6 Å². The molecule has 0 saturated carbocycles. The first kappa shape index (κ1) is 21.0. The van der Waals surface area contributed by atoms with E-state index < -0.39 is 33.3 Å². The van der Waals surface area contributed by atoms with Gasteiger partial charge in [-0.05, 0) is 6.55 Å². The van der Waals surface area contributed by atoms with Gasteiger partial charge in [0.25, 0.3) is 8.56 Å². The highest BCUT2D eigenvalue weighted by molar-refractivity contribution is 6.99. The Kier molecular flexibility index (Phi) is 5.87. The van der Waals surface area contributed by atoms with Crippen LogP contribution >= 0.6 is 0 Å². The van der Waals surface area contributed by atoms with E-state index in [1.54, 1.807) is 0 Å². The Morgan fingerprint density at radius 1 is 0.500 bits per heavy atom. The molecule has 0 N–H and O–H groups in total. The molecule has 3 rings (SSSR count). The van der Waals surface area contributed by atoms with Crippen LogP contribution in [0.2, 0.25) is 65.5 Å². The second-order valence-electron chi connectivity index (χ2n) is 10.8. The summed E-state index contributed by atoms with van der Waals surface area (Å²) in [5, 5.41) is 0. The molecule has 8 heteroatoms. The van der Waals surface area contributed by atoms with E-state index in [0.29, 0.717) is 0 Å². The Morgan fingerprint density at radius 3 is 0.958 bits per heavy atom. The first-order valence-electron chi connectivity index (χ1n) is 9.74. The number of hydrogen-bond donors (Lipinski definition) is 0. The molecule has 0 spiro atoms. The summed E-state index contributed by atoms with van der Waals surface area (Å²) in [7, 11) is -5.94. The third-order valence-corrected chi connectivity index (χ3v) is 25.0. The van der Waals surface area contributed by atoms with Gasteiger partial charge in [0.1, 0.15) is 24.7 Å². The number of rotatable bonds is 3. The van der Waals surface area contributed by atoms with E-state index in [0.717, 1.165) is 0 Å². The average Bonchev–Trinajstić information content (AvgIpc) is 2.26. The van der Waals surface area contributed by atoms with Gasteiger partial charge in [-0.1, -0.05) is 58.9 Å². The van der Waals surface area contributed by atoms with Gasteiger partial charge in [-0.3, -0.25) is 4.90 Å². The molecule has 0 atom stereocenters. The maximum absolute atomic E-state index is 3.10. The first-order valence-corrected chi connectivity index (χ1v) is 22.4. The van der Waals surface area contributed by atoms with Crippen molar-refractivity contribution in [2.45, 2.75) is 65.5 Å². The zero-order valence-electron chi connectivity index (χ0n) is 18.0. The summed E-state index contributed by atoms with van der Waals surface area (Å²) in [4.78, 5) is 2.75. The minimum atomic E-state index is -1.82. The summed E-state index contributed by atoms with van der Waals surface area (Å²) in [5.41, 5.74) is 0. The summed E-state index contributed by atoms with van der Waals surface area (Å²) in [6, 6.07) is 0. The standard InChI is InChI=1S/C16H42N4Si4/c1-21(2,3)18-14-11-17-12-15-19(22(4,5)6)24(18,10)20(16-13-17)23(7,8)9/h11-16H2,1-10H3. The first-order chi connectivity index (χ1) is 10.7. The van der Waals surface area contributed by atoms with Crippen LogP contribution in [0, 0.1) is 0 Å². The van der Waals surface area contributed by atoms with Crippen LogP contribution in [-0.4, -0.2) is 90.1 Å². The fourth-order valence-electron chi connectivity index (χ4n) is 5.04. The van der Waals surface area contributed by atoms with Crippen molar-refractivity contribution >= 4 is 33.3 Å². The molecular weight excluding hydrogens is 361 g/mol. The molecule has 3 saturated heterocycles. The molecule has 0 amide bonds. The van der Waals surface area contributed by atoms with Crippen LogP contribution in [0.25, 0.3) is 0 Å². The second kappa shape index (κ2) is 6.70. The Bertz CT molecular complexity index is 388. The summed E-state index contributed by atoms with van der Waals surface area (Å²) in [6.07, 6.45) is 0. The average molecular weight is 403 g/mol. The van der Waals surface area contributed by atoms with Gasteiger partial charge < -0.3 is 12.7 Å². The Morgan fingerprint density at radius 2 is 0.750 bits per heavy atom. The van der Waals surface area contributed by atoms with Crippen molar-refractivity contribution in [2.24, 2.45) is 0 Å². The van der Waals surface area contributed by atoms with Crippen molar-refractivity contribution in [3.8, 4) is 0 Å². The molecule has 0 unspecified atom stereocenters. The zero-order chi connectivity index (χ0) is 18.6. The van der Waals surface area contributed by atoms with E-state index in [2.05, 4.69) is 83.1 Å². The molecule has 3 aliphatic heterocycles. The van der Waals surface area contributed by atoms with Gasteiger partial charge in [-0.25, -0.2) is 0 Å². The molecule has 3 aliphatic rings. The van der Waals surface area contributed by atoms with Crippen molar-refractivity contribution in [3.63, 3.8) is 0 Å². The Hall–Kier alpha value is 0.708. The molecule has 4 nitrogen and oxygen atoms in total. The molecule has 0 aromatic rings. The lowest BCUT2D eigenvalue weighted by Crippen LogP contribution is -2.87. The minimum absolute atomic E-state index is 1.28. The smallest absolute Gasteiger partial charge is 0.266 e. The van der Waals surface area contributed by atoms with Crippen LogP contribution in [0.1, 0.15) is 0 Å². The van der Waals surface area contributed by atoms with E-state index in [-0.39, 0.29) is 0 Å². The topological polar surface area (TPSA) is 13.0 Å². The van der Waals surface area contributed by atoms with Gasteiger partial charge in [0.05, 0.1) is 0 Å². The number of nitrogens with zero attached hydrogens (tertiary/aromatic N) is 4. The highest BCUT2D eigenvalue weighted by Gasteiger charge is 2.57. The van der Waals surface area contributed by atoms with E-state index in [1.165, 1.54) is 39.3 Å². The molecule has 0 aliphatic carbocycles. The molecule has 0 aromatic carbocycles. The lowest BCUT2D eigenvalue weighted by molar-refractivity contribution is 0.195. The normalized spacial score (nSPS) is 32.5. The lowest BCUT2D eigenvalue weighted by atomic mass is 10.4. The predicted molar refractivity (Wildman–Crippen MR) is 118 cm³/mol. The predicted octanol–water partition coefficient (Wildman–Crippen LogP) is 3.30.